The number of aromatic nitrogens is 2. The first kappa shape index (κ1) is 18.2. The predicted octanol–water partition coefficient (Wildman–Crippen LogP) is 4.44. The van der Waals surface area contributed by atoms with Gasteiger partial charge in [0.15, 0.2) is 0 Å². The van der Waals surface area contributed by atoms with Crippen molar-refractivity contribution in [2.75, 3.05) is 13.1 Å². The molecule has 0 N–H and O–H groups in total. The van der Waals surface area contributed by atoms with E-state index in [0.29, 0.717) is 18.2 Å². The molecular weight excluding hydrogens is 338 g/mol. The van der Waals surface area contributed by atoms with Crippen LogP contribution in [0.2, 0.25) is 0 Å². The van der Waals surface area contributed by atoms with Gasteiger partial charge in [-0.3, -0.25) is 4.79 Å². The van der Waals surface area contributed by atoms with E-state index < -0.39 is 0 Å². The van der Waals surface area contributed by atoms with Gasteiger partial charge in [-0.1, -0.05) is 39.0 Å². The van der Waals surface area contributed by atoms with Crippen LogP contribution in [0.15, 0.2) is 34.7 Å². The first-order valence-electron chi connectivity index (χ1n) is 10.0. The van der Waals surface area contributed by atoms with Gasteiger partial charge >= 0.3 is 0 Å². The van der Waals surface area contributed by atoms with E-state index in [9.17, 15) is 4.79 Å². The fourth-order valence-electron chi connectivity index (χ4n) is 4.30. The molecular formula is C22H29N3O2. The molecule has 2 heterocycles. The molecule has 1 amide bonds. The highest BCUT2D eigenvalue weighted by Crippen LogP contribution is 2.56. The van der Waals surface area contributed by atoms with Gasteiger partial charge in [-0.2, -0.15) is 0 Å². The summed E-state index contributed by atoms with van der Waals surface area (Å²) < 4.78 is 6.09. The fraction of sp³-hybridized carbons (Fsp3) is 0.591. The van der Waals surface area contributed by atoms with Gasteiger partial charge in [0.2, 0.25) is 17.7 Å². The molecule has 0 spiro atoms. The van der Waals surface area contributed by atoms with Gasteiger partial charge in [0.05, 0.1) is 5.41 Å². The van der Waals surface area contributed by atoms with Crippen molar-refractivity contribution < 1.29 is 9.21 Å². The smallest absolute Gasteiger partial charge is 0.247 e. The number of carbonyl (C=O) groups is 1. The van der Waals surface area contributed by atoms with Crippen LogP contribution in [0.1, 0.15) is 58.8 Å². The van der Waals surface area contributed by atoms with E-state index >= 15 is 0 Å². The molecule has 27 heavy (non-hydrogen) atoms. The number of amides is 1. The van der Waals surface area contributed by atoms with Gasteiger partial charge < -0.3 is 9.32 Å². The second-order valence-electron chi connectivity index (χ2n) is 9.33. The average molecular weight is 367 g/mol. The summed E-state index contributed by atoms with van der Waals surface area (Å²) in [6.07, 6.45) is 4.90. The third-order valence-electron chi connectivity index (χ3n) is 5.97. The molecule has 0 radical (unpaired) electrons. The number of rotatable bonds is 4. The maximum atomic E-state index is 12.5. The molecule has 4 rings (SSSR count). The number of hydrogen-bond acceptors (Lipinski definition) is 4. The lowest BCUT2D eigenvalue weighted by molar-refractivity contribution is -0.134. The van der Waals surface area contributed by atoms with Crippen LogP contribution in [-0.4, -0.2) is 34.1 Å². The molecule has 5 nitrogen and oxygen atoms in total. The Hall–Kier alpha value is -2.17. The van der Waals surface area contributed by atoms with Crippen LogP contribution in [0.3, 0.4) is 0 Å². The van der Waals surface area contributed by atoms with Crippen molar-refractivity contribution in [1.29, 1.82) is 0 Å². The van der Waals surface area contributed by atoms with E-state index in [0.717, 1.165) is 50.2 Å². The molecule has 0 unspecified atom stereocenters. The Bertz CT molecular complexity index is 794. The first-order chi connectivity index (χ1) is 12.9. The molecule has 1 aliphatic carbocycles. The molecule has 5 heteroatoms. The van der Waals surface area contributed by atoms with Crippen molar-refractivity contribution in [2.45, 2.75) is 58.3 Å². The van der Waals surface area contributed by atoms with Crippen molar-refractivity contribution in [1.82, 2.24) is 15.1 Å². The van der Waals surface area contributed by atoms with E-state index in [-0.39, 0.29) is 16.7 Å². The quantitative estimate of drug-likeness (QED) is 0.801. The van der Waals surface area contributed by atoms with Crippen LogP contribution in [0.25, 0.3) is 11.5 Å². The Morgan fingerprint density at radius 2 is 1.81 bits per heavy atom. The standard InChI is InChI=1S/C22H29N3O2/c1-21(2,3)15-18(26)25-13-9-17(10-14-25)22(11-12-22)20-24-23-19(27-20)16-7-5-4-6-8-16/h4-8,17H,9-15H2,1-3H3. The molecule has 144 valence electrons. The molecule has 2 fully saturated rings. The summed E-state index contributed by atoms with van der Waals surface area (Å²) in [6, 6.07) is 9.94. The summed E-state index contributed by atoms with van der Waals surface area (Å²) in [5, 5.41) is 8.70. The van der Waals surface area contributed by atoms with Crippen LogP contribution in [0, 0.1) is 11.3 Å². The Kier molecular flexibility index (Phi) is 4.57. The van der Waals surface area contributed by atoms with Gasteiger partial charge in [-0.25, -0.2) is 0 Å². The largest absolute Gasteiger partial charge is 0.420 e. The molecule has 1 aromatic heterocycles. The minimum Gasteiger partial charge on any atom is -0.420 e. The lowest BCUT2D eigenvalue weighted by Gasteiger charge is -2.36. The summed E-state index contributed by atoms with van der Waals surface area (Å²) in [7, 11) is 0. The highest BCUT2D eigenvalue weighted by atomic mass is 16.4. The molecule has 2 aliphatic rings. The van der Waals surface area contributed by atoms with Crippen molar-refractivity contribution in [3.63, 3.8) is 0 Å². The number of hydrogen-bond donors (Lipinski definition) is 0. The van der Waals surface area contributed by atoms with Crippen LogP contribution < -0.4 is 0 Å². The van der Waals surface area contributed by atoms with Crippen LogP contribution in [0.5, 0.6) is 0 Å². The third-order valence-corrected chi connectivity index (χ3v) is 5.97. The highest BCUT2D eigenvalue weighted by molar-refractivity contribution is 5.76. The number of likely N-dealkylation sites (tertiary alicyclic amines) is 1. The lowest BCUT2D eigenvalue weighted by Crippen LogP contribution is -2.42. The maximum absolute atomic E-state index is 12.5. The van der Waals surface area contributed by atoms with E-state index in [4.69, 9.17) is 4.42 Å². The molecule has 1 saturated carbocycles. The average Bonchev–Trinajstić information content (AvgIpc) is 3.31. The summed E-state index contributed by atoms with van der Waals surface area (Å²) in [4.78, 5) is 14.5. The zero-order valence-electron chi connectivity index (χ0n) is 16.6. The van der Waals surface area contributed by atoms with Gasteiger partial charge in [-0.15, -0.1) is 10.2 Å². The monoisotopic (exact) mass is 367 g/mol. The minimum atomic E-state index is 0.0409. The molecule has 2 aromatic rings. The molecule has 1 saturated heterocycles. The highest BCUT2D eigenvalue weighted by Gasteiger charge is 2.55. The van der Waals surface area contributed by atoms with Gasteiger partial charge in [-0.05, 0) is 49.1 Å². The summed E-state index contributed by atoms with van der Waals surface area (Å²) in [5.41, 5.74) is 1.05. The van der Waals surface area contributed by atoms with E-state index in [1.165, 1.54) is 0 Å². The number of piperidine rings is 1. The second-order valence-corrected chi connectivity index (χ2v) is 9.33. The number of carbonyl (C=O) groups excluding carboxylic acids is 1. The normalized spacial score (nSPS) is 19.9. The van der Waals surface area contributed by atoms with E-state index in [2.05, 4.69) is 31.0 Å². The number of nitrogens with zero attached hydrogens (tertiary/aromatic N) is 3. The minimum absolute atomic E-state index is 0.0409. The summed E-state index contributed by atoms with van der Waals surface area (Å²) in [6.45, 7) is 8.06. The van der Waals surface area contributed by atoms with Crippen LogP contribution in [-0.2, 0) is 10.2 Å². The van der Waals surface area contributed by atoms with Crippen LogP contribution >= 0.6 is 0 Å². The predicted molar refractivity (Wildman–Crippen MR) is 104 cm³/mol. The molecule has 1 aliphatic heterocycles. The maximum Gasteiger partial charge on any atom is 0.247 e. The van der Waals surface area contributed by atoms with Crippen molar-refractivity contribution >= 4 is 5.91 Å². The third kappa shape index (κ3) is 3.78. The summed E-state index contributed by atoms with van der Waals surface area (Å²) >= 11 is 0. The Balaban J connectivity index is 1.42. The molecule has 0 atom stereocenters. The van der Waals surface area contributed by atoms with Gasteiger partial charge in [0.25, 0.3) is 0 Å². The van der Waals surface area contributed by atoms with E-state index in [1.807, 2.05) is 35.2 Å². The van der Waals surface area contributed by atoms with Crippen LogP contribution in [0.4, 0.5) is 0 Å². The Morgan fingerprint density at radius 1 is 1.15 bits per heavy atom. The van der Waals surface area contributed by atoms with E-state index in [1.54, 1.807) is 0 Å². The number of benzene rings is 1. The molecule has 1 aromatic carbocycles. The first-order valence-corrected chi connectivity index (χ1v) is 10.0. The molecule has 0 bridgehead atoms. The Morgan fingerprint density at radius 3 is 2.41 bits per heavy atom. The summed E-state index contributed by atoms with van der Waals surface area (Å²) in [5.74, 6) is 2.21. The van der Waals surface area contributed by atoms with Crippen molar-refractivity contribution in [2.24, 2.45) is 11.3 Å². The van der Waals surface area contributed by atoms with Crippen molar-refractivity contribution in [3.8, 4) is 11.5 Å². The lowest BCUT2D eigenvalue weighted by atomic mass is 9.81. The zero-order chi connectivity index (χ0) is 19.1. The topological polar surface area (TPSA) is 59.2 Å². The zero-order valence-corrected chi connectivity index (χ0v) is 16.6. The Labute approximate surface area is 161 Å². The van der Waals surface area contributed by atoms with Gasteiger partial charge in [0.1, 0.15) is 0 Å². The van der Waals surface area contributed by atoms with Crippen molar-refractivity contribution in [3.05, 3.63) is 36.2 Å². The van der Waals surface area contributed by atoms with Gasteiger partial charge in [0, 0.05) is 25.1 Å². The second kappa shape index (κ2) is 6.77. The SMILES string of the molecule is CC(C)(C)CC(=O)N1CCC(C2(c3nnc(-c4ccccc4)o3)CC2)CC1. The fourth-order valence-corrected chi connectivity index (χ4v) is 4.30.